The van der Waals surface area contributed by atoms with E-state index in [1.54, 1.807) is 6.92 Å². The van der Waals surface area contributed by atoms with E-state index >= 15 is 0 Å². The number of unbranched alkanes of at least 4 members (excludes halogenated alkanes) is 1. The second-order valence-corrected chi connectivity index (χ2v) is 8.84. The Hall–Kier alpha value is -3.46. The number of aliphatic imine (C=N–C) groups is 1. The number of rotatable bonds is 19. The minimum Gasteiger partial charge on any atom is -0.480 e. The van der Waals surface area contributed by atoms with E-state index in [0.717, 1.165) is 0 Å². The zero-order chi connectivity index (χ0) is 28.5. The molecular weight excluding hydrogens is 486 g/mol. The van der Waals surface area contributed by atoms with Gasteiger partial charge in [-0.1, -0.05) is 20.3 Å². The van der Waals surface area contributed by atoms with Gasteiger partial charge >= 0.3 is 5.97 Å². The molecule has 5 atom stereocenters. The Morgan fingerprint density at radius 1 is 0.865 bits per heavy atom. The second kappa shape index (κ2) is 17.9. The van der Waals surface area contributed by atoms with Crippen LogP contribution in [0.25, 0.3) is 0 Å². The highest BCUT2D eigenvalue weighted by Gasteiger charge is 2.32. The van der Waals surface area contributed by atoms with Gasteiger partial charge in [0.2, 0.25) is 23.6 Å². The number of hydrogen-bond acceptors (Lipinski definition) is 8. The van der Waals surface area contributed by atoms with Gasteiger partial charge in [-0.15, -0.1) is 0 Å². The van der Waals surface area contributed by atoms with Crippen LogP contribution in [0, 0.1) is 5.92 Å². The third-order valence-electron chi connectivity index (χ3n) is 5.69. The summed E-state index contributed by atoms with van der Waals surface area (Å²) in [5.41, 5.74) is 26.8. The molecule has 15 nitrogen and oxygen atoms in total. The average Bonchev–Trinajstić information content (AvgIpc) is 2.82. The first-order chi connectivity index (χ1) is 17.3. The zero-order valence-electron chi connectivity index (χ0n) is 21.6. The standard InChI is InChI=1S/C22H43N9O6/c1-3-12(2)17(31-18(33)13(24)11-16(25)32)20(35)29-14(7-4-5-9-23)19(34)30-15(21(36)37)8-6-10-28-22(26)27/h12-15,17H,3-11,23-24H2,1-2H3,(H2,25,32)(H,29,35)(H,30,34)(H,31,33)(H,36,37)(H4,26,27,28). The summed E-state index contributed by atoms with van der Waals surface area (Å²) in [6.07, 6.45) is 1.72. The summed E-state index contributed by atoms with van der Waals surface area (Å²) >= 11 is 0. The Kier molecular flexibility index (Phi) is 16.2. The fourth-order valence-electron chi connectivity index (χ4n) is 3.33. The number of carbonyl (C=O) groups is 5. The number of carboxylic acids is 1. The highest BCUT2D eigenvalue weighted by atomic mass is 16.4. The molecule has 0 aliphatic carbocycles. The van der Waals surface area contributed by atoms with Crippen molar-refractivity contribution in [2.45, 2.75) is 83.0 Å². The highest BCUT2D eigenvalue weighted by Crippen LogP contribution is 2.11. The van der Waals surface area contributed by atoms with Crippen molar-refractivity contribution in [3.63, 3.8) is 0 Å². The van der Waals surface area contributed by atoms with Crippen molar-refractivity contribution >= 4 is 35.6 Å². The number of nitrogens with two attached hydrogens (primary N) is 5. The number of nitrogens with zero attached hydrogens (tertiary/aromatic N) is 1. The van der Waals surface area contributed by atoms with Crippen LogP contribution in [0.1, 0.15) is 58.8 Å². The van der Waals surface area contributed by atoms with Gasteiger partial charge in [-0.3, -0.25) is 24.2 Å². The quantitative estimate of drug-likeness (QED) is 0.0463. The molecule has 37 heavy (non-hydrogen) atoms. The summed E-state index contributed by atoms with van der Waals surface area (Å²) in [6, 6.07) is -4.61. The lowest BCUT2D eigenvalue weighted by molar-refractivity contribution is -0.142. The van der Waals surface area contributed by atoms with E-state index in [0.29, 0.717) is 32.2 Å². The van der Waals surface area contributed by atoms with Crippen LogP contribution in [0.2, 0.25) is 0 Å². The number of carboxylic acid groups (broad SMARTS) is 1. The topological polar surface area (TPSA) is 284 Å². The van der Waals surface area contributed by atoms with Gasteiger partial charge in [0.15, 0.2) is 5.96 Å². The zero-order valence-corrected chi connectivity index (χ0v) is 21.6. The van der Waals surface area contributed by atoms with E-state index in [2.05, 4.69) is 20.9 Å². The highest BCUT2D eigenvalue weighted by molar-refractivity contribution is 5.95. The summed E-state index contributed by atoms with van der Waals surface area (Å²) in [5, 5.41) is 17.1. The largest absolute Gasteiger partial charge is 0.480 e. The predicted octanol–water partition coefficient (Wildman–Crippen LogP) is -3.04. The van der Waals surface area contributed by atoms with Crippen LogP contribution in [-0.2, 0) is 24.0 Å². The molecule has 0 aromatic rings. The molecule has 5 unspecified atom stereocenters. The summed E-state index contributed by atoms with van der Waals surface area (Å²) in [4.78, 5) is 65.1. The minimum absolute atomic E-state index is 0.0601. The van der Waals surface area contributed by atoms with E-state index < -0.39 is 60.2 Å². The van der Waals surface area contributed by atoms with Crippen molar-refractivity contribution in [1.82, 2.24) is 16.0 Å². The van der Waals surface area contributed by atoms with Crippen LogP contribution in [0.5, 0.6) is 0 Å². The second-order valence-electron chi connectivity index (χ2n) is 8.84. The molecular formula is C22H43N9O6. The lowest BCUT2D eigenvalue weighted by Crippen LogP contribution is -2.58. The van der Waals surface area contributed by atoms with Crippen LogP contribution >= 0.6 is 0 Å². The van der Waals surface area contributed by atoms with E-state index in [1.807, 2.05) is 6.92 Å². The molecule has 0 aliphatic heterocycles. The van der Waals surface area contributed by atoms with Gasteiger partial charge in [0.1, 0.15) is 18.1 Å². The molecule has 0 heterocycles. The van der Waals surface area contributed by atoms with Crippen molar-refractivity contribution in [3.05, 3.63) is 0 Å². The normalized spacial score (nSPS) is 14.8. The number of aliphatic carboxylic acids is 1. The van der Waals surface area contributed by atoms with Gasteiger partial charge in [0.25, 0.3) is 0 Å². The maximum atomic E-state index is 13.1. The molecule has 0 aromatic carbocycles. The monoisotopic (exact) mass is 529 g/mol. The van der Waals surface area contributed by atoms with E-state index in [9.17, 15) is 29.1 Å². The first-order valence-corrected chi connectivity index (χ1v) is 12.3. The fourth-order valence-corrected chi connectivity index (χ4v) is 3.33. The number of hydrogen-bond donors (Lipinski definition) is 9. The van der Waals surface area contributed by atoms with Gasteiger partial charge < -0.3 is 49.7 Å². The lowest BCUT2D eigenvalue weighted by Gasteiger charge is -2.28. The van der Waals surface area contributed by atoms with Crippen LogP contribution in [0.4, 0.5) is 0 Å². The molecule has 0 saturated heterocycles. The molecule has 4 amide bonds. The number of primary amides is 1. The maximum Gasteiger partial charge on any atom is 0.326 e. The Bertz CT molecular complexity index is 804. The molecule has 0 spiro atoms. The number of amides is 4. The van der Waals surface area contributed by atoms with Crippen molar-refractivity contribution in [2.24, 2.45) is 39.6 Å². The molecule has 0 radical (unpaired) electrons. The third kappa shape index (κ3) is 14.0. The van der Waals surface area contributed by atoms with Crippen LogP contribution in [0.15, 0.2) is 4.99 Å². The molecule has 0 aromatic heterocycles. The molecule has 0 saturated carbocycles. The molecule has 0 fully saturated rings. The molecule has 0 rings (SSSR count). The van der Waals surface area contributed by atoms with Crippen molar-refractivity contribution in [3.8, 4) is 0 Å². The molecule has 0 aliphatic rings. The SMILES string of the molecule is CCC(C)C(NC(=O)C(N)CC(N)=O)C(=O)NC(CCCCN)C(=O)NC(CCCN=C(N)N)C(=O)O. The fraction of sp³-hybridized carbons (Fsp3) is 0.727. The maximum absolute atomic E-state index is 13.1. The van der Waals surface area contributed by atoms with Gasteiger partial charge in [0, 0.05) is 6.54 Å². The minimum atomic E-state index is -1.25. The molecule has 15 heteroatoms. The molecule has 212 valence electrons. The molecule has 0 bridgehead atoms. The smallest absolute Gasteiger partial charge is 0.326 e. The Balaban J connectivity index is 5.55. The van der Waals surface area contributed by atoms with Crippen LogP contribution in [-0.4, -0.2) is 77.9 Å². The van der Waals surface area contributed by atoms with Crippen LogP contribution < -0.4 is 44.6 Å². The Morgan fingerprint density at radius 3 is 1.97 bits per heavy atom. The van der Waals surface area contributed by atoms with E-state index in [4.69, 9.17) is 28.7 Å². The van der Waals surface area contributed by atoms with Crippen LogP contribution in [0.3, 0.4) is 0 Å². The van der Waals surface area contributed by atoms with E-state index in [-0.39, 0.29) is 31.3 Å². The van der Waals surface area contributed by atoms with E-state index in [1.165, 1.54) is 0 Å². The first kappa shape index (κ1) is 33.5. The third-order valence-corrected chi connectivity index (χ3v) is 5.69. The summed E-state index contributed by atoms with van der Waals surface area (Å²) < 4.78 is 0. The summed E-state index contributed by atoms with van der Waals surface area (Å²) in [6.45, 7) is 4.09. The first-order valence-electron chi connectivity index (χ1n) is 12.3. The summed E-state index contributed by atoms with van der Waals surface area (Å²) in [5.74, 6) is -4.58. The van der Waals surface area contributed by atoms with Crippen molar-refractivity contribution < 1.29 is 29.1 Å². The lowest BCUT2D eigenvalue weighted by atomic mass is 9.96. The Labute approximate surface area is 216 Å². The van der Waals surface area contributed by atoms with Gasteiger partial charge in [-0.25, -0.2) is 4.79 Å². The molecule has 14 N–H and O–H groups in total. The van der Waals surface area contributed by atoms with Crippen molar-refractivity contribution in [1.29, 1.82) is 0 Å². The van der Waals surface area contributed by atoms with Crippen molar-refractivity contribution in [2.75, 3.05) is 13.1 Å². The Morgan fingerprint density at radius 2 is 1.46 bits per heavy atom. The predicted molar refractivity (Wildman–Crippen MR) is 137 cm³/mol. The summed E-state index contributed by atoms with van der Waals surface area (Å²) in [7, 11) is 0. The number of nitrogens with one attached hydrogen (secondary N) is 3. The number of carbonyl (C=O) groups excluding carboxylic acids is 4. The van der Waals surface area contributed by atoms with Gasteiger partial charge in [0.05, 0.1) is 12.5 Å². The number of guanidine groups is 1. The average molecular weight is 530 g/mol. The van der Waals surface area contributed by atoms with Gasteiger partial charge in [-0.05, 0) is 44.6 Å². The van der Waals surface area contributed by atoms with Gasteiger partial charge in [-0.2, -0.15) is 0 Å².